The van der Waals surface area contributed by atoms with E-state index >= 15 is 0 Å². The number of para-hydroxylation sites is 1. The Morgan fingerprint density at radius 3 is 2.60 bits per heavy atom. The number of esters is 1. The summed E-state index contributed by atoms with van der Waals surface area (Å²) in [7, 11) is 1.49. The van der Waals surface area contributed by atoms with Gasteiger partial charge in [-0.05, 0) is 36.8 Å². The first kappa shape index (κ1) is 21.9. The van der Waals surface area contributed by atoms with Crippen molar-refractivity contribution in [1.82, 2.24) is 10.2 Å². The Morgan fingerprint density at radius 1 is 1.20 bits per heavy atom. The molecular formula is C21H19Cl2FN2O4. The highest BCUT2D eigenvalue weighted by Crippen LogP contribution is 2.34. The quantitative estimate of drug-likeness (QED) is 0.643. The van der Waals surface area contributed by atoms with E-state index in [1.807, 2.05) is 0 Å². The van der Waals surface area contributed by atoms with Gasteiger partial charge in [-0.3, -0.25) is 4.90 Å². The maximum Gasteiger partial charge on any atom is 0.338 e. The molecule has 0 saturated carbocycles. The van der Waals surface area contributed by atoms with Crippen LogP contribution in [0, 0.1) is 5.82 Å². The van der Waals surface area contributed by atoms with Crippen molar-refractivity contribution in [3.8, 4) is 5.75 Å². The zero-order valence-electron chi connectivity index (χ0n) is 16.2. The zero-order chi connectivity index (χ0) is 21.8. The lowest BCUT2D eigenvalue weighted by Gasteiger charge is -2.34. The Kier molecular flexibility index (Phi) is 6.84. The normalized spacial score (nSPS) is 16.4. The molecule has 2 aromatic carbocycles. The predicted molar refractivity (Wildman–Crippen MR) is 111 cm³/mol. The van der Waals surface area contributed by atoms with Gasteiger partial charge < -0.3 is 14.8 Å². The van der Waals surface area contributed by atoms with E-state index in [1.165, 1.54) is 30.1 Å². The number of nitrogens with one attached hydrogen (secondary N) is 1. The summed E-state index contributed by atoms with van der Waals surface area (Å²) in [6.07, 6.45) is 0. The summed E-state index contributed by atoms with van der Waals surface area (Å²) in [5, 5.41) is 3.37. The average Bonchev–Trinajstić information content (AvgIpc) is 2.72. The molecule has 0 fully saturated rings. The number of halogens is 3. The highest BCUT2D eigenvalue weighted by molar-refractivity contribution is 6.42. The molecule has 0 bridgehead atoms. The van der Waals surface area contributed by atoms with Gasteiger partial charge in [0.15, 0.2) is 11.6 Å². The molecule has 0 aliphatic carbocycles. The summed E-state index contributed by atoms with van der Waals surface area (Å²) in [5.41, 5.74) is 0.947. The van der Waals surface area contributed by atoms with E-state index in [1.54, 1.807) is 31.2 Å². The molecule has 1 aliphatic rings. The topological polar surface area (TPSA) is 67.9 Å². The Bertz CT molecular complexity index is 1010. The van der Waals surface area contributed by atoms with Crippen molar-refractivity contribution in [2.75, 3.05) is 20.3 Å². The number of urea groups is 1. The number of carbonyl (C=O) groups excluding carboxylic acids is 2. The second-order valence-electron chi connectivity index (χ2n) is 6.42. The molecule has 30 heavy (non-hydrogen) atoms. The van der Waals surface area contributed by atoms with Crippen LogP contribution in [-0.4, -0.2) is 37.2 Å². The van der Waals surface area contributed by atoms with Gasteiger partial charge in [0.2, 0.25) is 0 Å². The minimum Gasteiger partial charge on any atom is -0.484 e. The zero-order valence-corrected chi connectivity index (χ0v) is 17.8. The van der Waals surface area contributed by atoms with Crippen molar-refractivity contribution in [3.63, 3.8) is 0 Å². The van der Waals surface area contributed by atoms with Crippen LogP contribution in [0.3, 0.4) is 0 Å². The number of likely N-dealkylation sites (N-methyl/N-ethyl adjacent to an activating group) is 1. The van der Waals surface area contributed by atoms with E-state index in [2.05, 4.69) is 5.32 Å². The molecular weight excluding hydrogens is 434 g/mol. The average molecular weight is 453 g/mol. The van der Waals surface area contributed by atoms with E-state index in [4.69, 9.17) is 32.7 Å². The molecule has 1 aliphatic heterocycles. The lowest BCUT2D eigenvalue weighted by molar-refractivity contribution is -0.139. The lowest BCUT2D eigenvalue weighted by atomic mass is 9.94. The summed E-state index contributed by atoms with van der Waals surface area (Å²) in [5.74, 6) is -1.19. The molecule has 2 aromatic rings. The van der Waals surface area contributed by atoms with Crippen LogP contribution in [-0.2, 0) is 9.53 Å². The van der Waals surface area contributed by atoms with Crippen molar-refractivity contribution in [3.05, 3.63) is 75.2 Å². The van der Waals surface area contributed by atoms with Gasteiger partial charge in [-0.15, -0.1) is 0 Å². The maximum atomic E-state index is 14.0. The molecule has 0 radical (unpaired) electrons. The third-order valence-corrected chi connectivity index (χ3v) is 5.29. The van der Waals surface area contributed by atoms with Gasteiger partial charge in [-0.25, -0.2) is 14.0 Å². The minimum absolute atomic E-state index is 0.00122. The number of amides is 2. The molecule has 9 heteroatoms. The second-order valence-corrected chi connectivity index (χ2v) is 7.23. The molecule has 0 spiro atoms. The number of carbonyl (C=O) groups is 2. The fourth-order valence-electron chi connectivity index (χ4n) is 3.03. The number of hydrogen-bond donors (Lipinski definition) is 1. The Labute approximate surface area is 183 Å². The molecule has 6 nitrogen and oxygen atoms in total. The molecule has 0 aromatic heterocycles. The monoisotopic (exact) mass is 452 g/mol. The summed E-state index contributed by atoms with van der Waals surface area (Å²) in [6.45, 7) is 1.58. The van der Waals surface area contributed by atoms with Crippen LogP contribution in [0.25, 0.3) is 0 Å². The number of hydrogen-bond acceptors (Lipinski definition) is 4. The molecule has 0 unspecified atom stereocenters. The van der Waals surface area contributed by atoms with Gasteiger partial charge in [0.1, 0.15) is 6.61 Å². The van der Waals surface area contributed by atoms with Crippen LogP contribution in [0.5, 0.6) is 5.75 Å². The third kappa shape index (κ3) is 4.52. The smallest absolute Gasteiger partial charge is 0.338 e. The van der Waals surface area contributed by atoms with Gasteiger partial charge in [0.05, 0.1) is 34.0 Å². The van der Waals surface area contributed by atoms with E-state index in [9.17, 15) is 14.0 Å². The van der Waals surface area contributed by atoms with Gasteiger partial charge in [0.25, 0.3) is 0 Å². The Balaban J connectivity index is 2.06. The first-order valence-corrected chi connectivity index (χ1v) is 9.85. The first-order chi connectivity index (χ1) is 14.3. The number of nitrogens with zero attached hydrogens (tertiary/aromatic N) is 1. The SMILES string of the molecule is CCOC(=O)C1=C(COc2ccccc2F)N(C)C(=O)N[C@H]1c1ccc(Cl)c(Cl)c1. The fraction of sp³-hybridized carbons (Fsp3) is 0.238. The highest BCUT2D eigenvalue weighted by atomic mass is 35.5. The van der Waals surface area contributed by atoms with Crippen molar-refractivity contribution in [2.24, 2.45) is 0 Å². The highest BCUT2D eigenvalue weighted by Gasteiger charge is 2.37. The summed E-state index contributed by atoms with van der Waals surface area (Å²) >= 11 is 12.1. The molecule has 2 amide bonds. The Morgan fingerprint density at radius 2 is 1.93 bits per heavy atom. The van der Waals surface area contributed by atoms with Crippen molar-refractivity contribution in [2.45, 2.75) is 13.0 Å². The van der Waals surface area contributed by atoms with Crippen LogP contribution < -0.4 is 10.1 Å². The standard InChI is InChI=1S/C21H19Cl2FN2O4/c1-3-29-20(27)18-16(11-30-17-7-5-4-6-15(17)24)26(2)21(28)25-19(18)12-8-9-13(22)14(23)10-12/h4-10,19H,3,11H2,1-2H3,(H,25,28)/t19-/m0/s1. The molecule has 0 saturated heterocycles. The van der Waals surface area contributed by atoms with Gasteiger partial charge in [0, 0.05) is 7.05 Å². The summed E-state index contributed by atoms with van der Waals surface area (Å²) in [6, 6.07) is 9.34. The molecule has 1 heterocycles. The third-order valence-electron chi connectivity index (χ3n) is 4.55. The van der Waals surface area contributed by atoms with Crippen LogP contribution in [0.15, 0.2) is 53.7 Å². The van der Waals surface area contributed by atoms with Crippen LogP contribution in [0.2, 0.25) is 10.0 Å². The van der Waals surface area contributed by atoms with E-state index < -0.39 is 23.9 Å². The van der Waals surface area contributed by atoms with Gasteiger partial charge in [-0.1, -0.05) is 41.4 Å². The minimum atomic E-state index is -0.846. The summed E-state index contributed by atoms with van der Waals surface area (Å²) in [4.78, 5) is 26.6. The second kappa shape index (κ2) is 9.36. The van der Waals surface area contributed by atoms with Crippen molar-refractivity contribution in [1.29, 1.82) is 0 Å². The molecule has 3 rings (SSSR count). The van der Waals surface area contributed by atoms with E-state index in [0.29, 0.717) is 10.6 Å². The predicted octanol–water partition coefficient (Wildman–Crippen LogP) is 4.72. The summed E-state index contributed by atoms with van der Waals surface area (Å²) < 4.78 is 24.7. The fourth-order valence-corrected chi connectivity index (χ4v) is 3.34. The molecule has 1 atom stereocenters. The number of benzene rings is 2. The van der Waals surface area contributed by atoms with E-state index in [0.717, 1.165) is 0 Å². The Hall–Kier alpha value is -2.77. The number of rotatable bonds is 6. The van der Waals surface area contributed by atoms with Crippen LogP contribution >= 0.6 is 23.2 Å². The van der Waals surface area contributed by atoms with Crippen molar-refractivity contribution < 1.29 is 23.5 Å². The van der Waals surface area contributed by atoms with Crippen LogP contribution in [0.4, 0.5) is 9.18 Å². The lowest BCUT2D eigenvalue weighted by Crippen LogP contribution is -2.48. The maximum absolute atomic E-state index is 14.0. The molecule has 158 valence electrons. The molecule has 1 N–H and O–H groups in total. The largest absolute Gasteiger partial charge is 0.484 e. The number of ether oxygens (including phenoxy) is 2. The van der Waals surface area contributed by atoms with Gasteiger partial charge >= 0.3 is 12.0 Å². The van der Waals surface area contributed by atoms with Crippen LogP contribution in [0.1, 0.15) is 18.5 Å². The first-order valence-electron chi connectivity index (χ1n) is 9.10. The van der Waals surface area contributed by atoms with Gasteiger partial charge in [-0.2, -0.15) is 0 Å². The van der Waals surface area contributed by atoms with Crippen molar-refractivity contribution >= 4 is 35.2 Å². The van der Waals surface area contributed by atoms with E-state index in [-0.39, 0.29) is 35.3 Å².